The Bertz CT molecular complexity index is 482. The zero-order valence-electron chi connectivity index (χ0n) is 9.74. The lowest BCUT2D eigenvalue weighted by Crippen LogP contribution is -2.34. The third-order valence-electron chi connectivity index (χ3n) is 2.97. The second-order valence-corrected chi connectivity index (χ2v) is 4.70. The standard InChI is InChI=1S/C13H15ClN2O/c1-9-4-6-16(7-5-9)13(17)10-2-3-11(14)12(15)8-10/h2-4,8H,5-7,15H2,1H3. The van der Waals surface area contributed by atoms with Crippen LogP contribution in [0.5, 0.6) is 0 Å². The van der Waals surface area contributed by atoms with Gasteiger partial charge in [0.1, 0.15) is 0 Å². The lowest BCUT2D eigenvalue weighted by atomic mass is 10.1. The fourth-order valence-corrected chi connectivity index (χ4v) is 1.93. The van der Waals surface area contributed by atoms with E-state index in [0.29, 0.717) is 22.8 Å². The van der Waals surface area contributed by atoms with Gasteiger partial charge in [-0.05, 0) is 31.5 Å². The first-order chi connectivity index (χ1) is 8.08. The Labute approximate surface area is 106 Å². The average Bonchev–Trinajstić information content (AvgIpc) is 2.33. The number of nitrogen functional groups attached to an aromatic ring is 1. The van der Waals surface area contributed by atoms with E-state index in [4.69, 9.17) is 17.3 Å². The molecule has 90 valence electrons. The van der Waals surface area contributed by atoms with Crippen molar-refractivity contribution in [3.63, 3.8) is 0 Å². The molecule has 0 spiro atoms. The molecule has 0 saturated heterocycles. The Hall–Kier alpha value is -1.48. The van der Waals surface area contributed by atoms with Crippen molar-refractivity contribution in [2.45, 2.75) is 13.3 Å². The molecule has 0 atom stereocenters. The van der Waals surface area contributed by atoms with Crippen LogP contribution in [0, 0.1) is 0 Å². The smallest absolute Gasteiger partial charge is 0.254 e. The van der Waals surface area contributed by atoms with Crippen molar-refractivity contribution in [1.82, 2.24) is 4.90 Å². The highest BCUT2D eigenvalue weighted by molar-refractivity contribution is 6.33. The molecule has 2 rings (SSSR count). The number of anilines is 1. The summed E-state index contributed by atoms with van der Waals surface area (Å²) in [7, 11) is 0. The number of halogens is 1. The largest absolute Gasteiger partial charge is 0.398 e. The molecule has 1 aliphatic heterocycles. The van der Waals surface area contributed by atoms with Gasteiger partial charge in [0, 0.05) is 18.7 Å². The SMILES string of the molecule is CC1=CCN(C(=O)c2ccc(Cl)c(N)c2)CC1. The monoisotopic (exact) mass is 250 g/mol. The summed E-state index contributed by atoms with van der Waals surface area (Å²) in [5.74, 6) is 0.0112. The van der Waals surface area contributed by atoms with Gasteiger partial charge in [-0.3, -0.25) is 4.79 Å². The van der Waals surface area contributed by atoms with Crippen LogP contribution in [-0.4, -0.2) is 23.9 Å². The van der Waals surface area contributed by atoms with Crippen molar-refractivity contribution in [3.8, 4) is 0 Å². The number of carbonyl (C=O) groups is 1. The molecule has 0 saturated carbocycles. The summed E-state index contributed by atoms with van der Waals surface area (Å²) in [6, 6.07) is 5.01. The molecule has 0 fully saturated rings. The molecular weight excluding hydrogens is 236 g/mol. The second-order valence-electron chi connectivity index (χ2n) is 4.29. The zero-order chi connectivity index (χ0) is 12.4. The molecular formula is C13H15ClN2O. The van der Waals surface area contributed by atoms with E-state index in [1.165, 1.54) is 5.57 Å². The number of benzene rings is 1. The van der Waals surface area contributed by atoms with E-state index in [1.807, 2.05) is 4.90 Å². The zero-order valence-corrected chi connectivity index (χ0v) is 10.5. The summed E-state index contributed by atoms with van der Waals surface area (Å²) in [6.07, 6.45) is 3.02. The summed E-state index contributed by atoms with van der Waals surface area (Å²) < 4.78 is 0. The van der Waals surface area contributed by atoms with E-state index in [-0.39, 0.29) is 5.91 Å². The molecule has 1 amide bonds. The predicted molar refractivity (Wildman–Crippen MR) is 70.1 cm³/mol. The van der Waals surface area contributed by atoms with Gasteiger partial charge in [-0.1, -0.05) is 23.3 Å². The normalized spacial score (nSPS) is 15.6. The van der Waals surface area contributed by atoms with Crippen molar-refractivity contribution >= 4 is 23.2 Å². The topological polar surface area (TPSA) is 46.3 Å². The molecule has 17 heavy (non-hydrogen) atoms. The maximum absolute atomic E-state index is 12.2. The van der Waals surface area contributed by atoms with Gasteiger partial charge in [0.05, 0.1) is 10.7 Å². The van der Waals surface area contributed by atoms with Gasteiger partial charge in [-0.15, -0.1) is 0 Å². The van der Waals surface area contributed by atoms with Gasteiger partial charge in [0.2, 0.25) is 0 Å². The Morgan fingerprint density at radius 3 is 2.82 bits per heavy atom. The number of hydrogen-bond donors (Lipinski definition) is 1. The van der Waals surface area contributed by atoms with Crippen molar-refractivity contribution in [2.24, 2.45) is 0 Å². The third-order valence-corrected chi connectivity index (χ3v) is 3.31. The Balaban J connectivity index is 2.17. The van der Waals surface area contributed by atoms with Crippen LogP contribution in [0.1, 0.15) is 23.7 Å². The van der Waals surface area contributed by atoms with Gasteiger partial charge in [-0.25, -0.2) is 0 Å². The Morgan fingerprint density at radius 2 is 2.24 bits per heavy atom. The Kier molecular flexibility index (Phi) is 3.38. The number of rotatable bonds is 1. The summed E-state index contributed by atoms with van der Waals surface area (Å²) in [5.41, 5.74) is 8.08. The first-order valence-corrected chi connectivity index (χ1v) is 5.95. The van der Waals surface area contributed by atoms with Crippen molar-refractivity contribution in [3.05, 3.63) is 40.4 Å². The van der Waals surface area contributed by atoms with E-state index in [0.717, 1.165) is 13.0 Å². The fraction of sp³-hybridized carbons (Fsp3) is 0.308. The number of amides is 1. The van der Waals surface area contributed by atoms with Crippen LogP contribution in [0.2, 0.25) is 5.02 Å². The maximum atomic E-state index is 12.2. The molecule has 1 heterocycles. The van der Waals surface area contributed by atoms with Crippen LogP contribution >= 0.6 is 11.6 Å². The molecule has 4 heteroatoms. The fourth-order valence-electron chi connectivity index (χ4n) is 1.81. The van der Waals surface area contributed by atoms with Gasteiger partial charge in [0.25, 0.3) is 5.91 Å². The highest BCUT2D eigenvalue weighted by atomic mass is 35.5. The lowest BCUT2D eigenvalue weighted by Gasteiger charge is -2.25. The molecule has 1 aromatic carbocycles. The molecule has 1 aliphatic rings. The van der Waals surface area contributed by atoms with E-state index >= 15 is 0 Å². The molecule has 0 bridgehead atoms. The minimum Gasteiger partial charge on any atom is -0.398 e. The minimum atomic E-state index is 0.0112. The second kappa shape index (κ2) is 4.80. The first-order valence-electron chi connectivity index (χ1n) is 5.58. The highest BCUT2D eigenvalue weighted by Crippen LogP contribution is 2.21. The van der Waals surface area contributed by atoms with Crippen LogP contribution < -0.4 is 5.73 Å². The number of carbonyl (C=O) groups excluding carboxylic acids is 1. The molecule has 0 unspecified atom stereocenters. The van der Waals surface area contributed by atoms with Crippen molar-refractivity contribution in [2.75, 3.05) is 18.8 Å². The molecule has 0 radical (unpaired) electrons. The minimum absolute atomic E-state index is 0.0112. The summed E-state index contributed by atoms with van der Waals surface area (Å²) in [6.45, 7) is 3.53. The third kappa shape index (κ3) is 2.61. The van der Waals surface area contributed by atoms with Crippen molar-refractivity contribution in [1.29, 1.82) is 0 Å². The molecule has 1 aromatic rings. The molecule has 3 nitrogen and oxygen atoms in total. The van der Waals surface area contributed by atoms with E-state index in [2.05, 4.69) is 13.0 Å². The maximum Gasteiger partial charge on any atom is 0.254 e. The van der Waals surface area contributed by atoms with Gasteiger partial charge in [0.15, 0.2) is 0 Å². The van der Waals surface area contributed by atoms with Gasteiger partial charge >= 0.3 is 0 Å². The van der Waals surface area contributed by atoms with Gasteiger partial charge in [-0.2, -0.15) is 0 Å². The summed E-state index contributed by atoms with van der Waals surface area (Å²) in [5, 5.41) is 0.482. The van der Waals surface area contributed by atoms with E-state index < -0.39 is 0 Å². The lowest BCUT2D eigenvalue weighted by molar-refractivity contribution is 0.0769. The van der Waals surface area contributed by atoms with Crippen molar-refractivity contribution < 1.29 is 4.79 Å². The predicted octanol–water partition coefficient (Wildman–Crippen LogP) is 2.71. The first kappa shape index (κ1) is 12.0. The van der Waals surface area contributed by atoms with Crippen LogP contribution in [-0.2, 0) is 0 Å². The van der Waals surface area contributed by atoms with E-state index in [1.54, 1.807) is 18.2 Å². The number of nitrogens with two attached hydrogens (primary N) is 1. The van der Waals surface area contributed by atoms with E-state index in [9.17, 15) is 4.79 Å². The van der Waals surface area contributed by atoms with Crippen LogP contribution in [0.25, 0.3) is 0 Å². The van der Waals surface area contributed by atoms with Gasteiger partial charge < -0.3 is 10.6 Å². The molecule has 2 N–H and O–H groups in total. The summed E-state index contributed by atoms with van der Waals surface area (Å²) >= 11 is 5.83. The Morgan fingerprint density at radius 1 is 1.47 bits per heavy atom. The number of hydrogen-bond acceptors (Lipinski definition) is 2. The molecule has 0 aromatic heterocycles. The highest BCUT2D eigenvalue weighted by Gasteiger charge is 2.17. The summed E-state index contributed by atoms with van der Waals surface area (Å²) in [4.78, 5) is 14.0. The average molecular weight is 251 g/mol. The van der Waals surface area contributed by atoms with Crippen LogP contribution in [0.4, 0.5) is 5.69 Å². The number of nitrogens with zero attached hydrogens (tertiary/aromatic N) is 1. The van der Waals surface area contributed by atoms with Crippen LogP contribution in [0.15, 0.2) is 29.8 Å². The quantitative estimate of drug-likeness (QED) is 0.615. The van der Waals surface area contributed by atoms with Crippen LogP contribution in [0.3, 0.4) is 0 Å². The molecule has 0 aliphatic carbocycles.